The van der Waals surface area contributed by atoms with Gasteiger partial charge in [0.05, 0.1) is 5.75 Å². The maximum Gasteiger partial charge on any atom is 0.323 e. The normalized spacial score (nSPS) is 11.2. The summed E-state index contributed by atoms with van der Waals surface area (Å²) >= 11 is 1.54. The van der Waals surface area contributed by atoms with Crippen molar-refractivity contribution in [2.75, 3.05) is 18.1 Å². The van der Waals surface area contributed by atoms with Crippen molar-refractivity contribution in [1.82, 2.24) is 4.90 Å². The van der Waals surface area contributed by atoms with Crippen LogP contribution in [0, 0.1) is 0 Å². The van der Waals surface area contributed by atoms with E-state index in [1.807, 2.05) is 39.0 Å². The predicted octanol–water partition coefficient (Wildman–Crippen LogP) is 2.67. The SMILES string of the molecule is CC(C)(C)N(CC(=O)O)C(=O)CSCCc1ccccc1. The quantitative estimate of drug-likeness (QED) is 0.787. The number of hydrogen-bond acceptors (Lipinski definition) is 3. The number of hydrogen-bond donors (Lipinski definition) is 1. The van der Waals surface area contributed by atoms with Gasteiger partial charge in [-0.15, -0.1) is 0 Å². The van der Waals surface area contributed by atoms with E-state index in [0.717, 1.165) is 12.2 Å². The van der Waals surface area contributed by atoms with Crippen molar-refractivity contribution in [3.8, 4) is 0 Å². The molecule has 0 unspecified atom stereocenters. The van der Waals surface area contributed by atoms with Crippen molar-refractivity contribution >= 4 is 23.6 Å². The van der Waals surface area contributed by atoms with Crippen molar-refractivity contribution in [1.29, 1.82) is 0 Å². The molecule has 0 saturated heterocycles. The fraction of sp³-hybridized carbons (Fsp3) is 0.500. The van der Waals surface area contributed by atoms with E-state index in [-0.39, 0.29) is 12.5 Å². The Hall–Kier alpha value is -1.49. The van der Waals surface area contributed by atoms with Crippen molar-refractivity contribution < 1.29 is 14.7 Å². The summed E-state index contributed by atoms with van der Waals surface area (Å²) in [6, 6.07) is 10.1. The highest BCUT2D eigenvalue weighted by Crippen LogP contribution is 2.16. The molecule has 116 valence electrons. The number of thioether (sulfide) groups is 1. The molecule has 1 aromatic rings. The van der Waals surface area contributed by atoms with Crippen molar-refractivity contribution in [2.24, 2.45) is 0 Å². The van der Waals surface area contributed by atoms with Crippen LogP contribution in [0.3, 0.4) is 0 Å². The zero-order chi connectivity index (χ0) is 15.9. The first-order valence-corrected chi connectivity index (χ1v) is 8.10. The maximum absolute atomic E-state index is 12.2. The average Bonchev–Trinajstić information content (AvgIpc) is 2.40. The highest BCUT2D eigenvalue weighted by molar-refractivity contribution is 7.99. The summed E-state index contributed by atoms with van der Waals surface area (Å²) in [6.07, 6.45) is 0.910. The van der Waals surface area contributed by atoms with E-state index in [9.17, 15) is 9.59 Å². The second kappa shape index (κ2) is 8.08. The summed E-state index contributed by atoms with van der Waals surface area (Å²) in [4.78, 5) is 24.5. The molecule has 0 saturated carbocycles. The van der Waals surface area contributed by atoms with E-state index in [0.29, 0.717) is 5.75 Å². The van der Waals surface area contributed by atoms with Gasteiger partial charge >= 0.3 is 5.97 Å². The lowest BCUT2D eigenvalue weighted by Crippen LogP contribution is -2.49. The standard InChI is InChI=1S/C16H23NO3S/c1-16(2,3)17(11-15(19)20)14(18)12-21-10-9-13-7-5-4-6-8-13/h4-8H,9-12H2,1-3H3,(H,19,20). The molecular formula is C16H23NO3S. The van der Waals surface area contributed by atoms with Gasteiger partial charge in [-0.3, -0.25) is 9.59 Å². The number of carboxylic acid groups (broad SMARTS) is 1. The molecule has 21 heavy (non-hydrogen) atoms. The van der Waals surface area contributed by atoms with Gasteiger partial charge in [0.25, 0.3) is 0 Å². The lowest BCUT2D eigenvalue weighted by Gasteiger charge is -2.34. The zero-order valence-corrected chi connectivity index (χ0v) is 13.7. The van der Waals surface area contributed by atoms with Gasteiger partial charge in [-0.05, 0) is 38.5 Å². The maximum atomic E-state index is 12.2. The first-order chi connectivity index (χ1) is 9.80. The lowest BCUT2D eigenvalue weighted by atomic mass is 10.1. The van der Waals surface area contributed by atoms with Crippen LogP contribution in [0.1, 0.15) is 26.3 Å². The minimum atomic E-state index is -0.979. The molecule has 0 radical (unpaired) electrons. The van der Waals surface area contributed by atoms with Crippen LogP contribution in [-0.4, -0.2) is 45.5 Å². The van der Waals surface area contributed by atoms with Crippen molar-refractivity contribution in [3.05, 3.63) is 35.9 Å². The Kier molecular flexibility index (Phi) is 6.75. The molecule has 5 heteroatoms. The number of aryl methyl sites for hydroxylation is 1. The Bertz CT molecular complexity index is 468. The summed E-state index contributed by atoms with van der Waals surface area (Å²) in [5.74, 6) is 0.0635. The molecule has 4 nitrogen and oxygen atoms in total. The van der Waals surface area contributed by atoms with Crippen molar-refractivity contribution in [2.45, 2.75) is 32.7 Å². The van der Waals surface area contributed by atoms with E-state index in [2.05, 4.69) is 12.1 Å². The second-order valence-corrected chi connectivity index (χ2v) is 6.94. The Morgan fingerprint density at radius 2 is 1.81 bits per heavy atom. The molecule has 0 fully saturated rings. The van der Waals surface area contributed by atoms with Crippen LogP contribution in [0.5, 0.6) is 0 Å². The van der Waals surface area contributed by atoms with E-state index in [1.165, 1.54) is 10.5 Å². The lowest BCUT2D eigenvalue weighted by molar-refractivity contribution is -0.146. The van der Waals surface area contributed by atoms with Gasteiger partial charge < -0.3 is 10.0 Å². The van der Waals surface area contributed by atoms with Crippen LogP contribution in [-0.2, 0) is 16.0 Å². The number of benzene rings is 1. The number of rotatable bonds is 7. The minimum absolute atomic E-state index is 0.122. The van der Waals surface area contributed by atoms with E-state index in [4.69, 9.17) is 5.11 Å². The molecule has 0 atom stereocenters. The first-order valence-electron chi connectivity index (χ1n) is 6.94. The highest BCUT2D eigenvalue weighted by Gasteiger charge is 2.27. The highest BCUT2D eigenvalue weighted by atomic mass is 32.2. The molecule has 0 aliphatic heterocycles. The largest absolute Gasteiger partial charge is 0.480 e. The number of carboxylic acids is 1. The average molecular weight is 309 g/mol. The molecule has 0 aromatic heterocycles. The Morgan fingerprint density at radius 1 is 1.19 bits per heavy atom. The Labute approximate surface area is 130 Å². The van der Waals surface area contributed by atoms with E-state index in [1.54, 1.807) is 11.8 Å². The fourth-order valence-corrected chi connectivity index (χ4v) is 2.76. The number of nitrogens with zero attached hydrogens (tertiary/aromatic N) is 1. The molecule has 0 aliphatic rings. The fourth-order valence-electron chi connectivity index (χ4n) is 1.91. The van der Waals surface area contributed by atoms with Gasteiger partial charge in [-0.25, -0.2) is 0 Å². The molecule has 1 N–H and O–H groups in total. The van der Waals surface area contributed by atoms with E-state index >= 15 is 0 Å². The molecule has 0 aliphatic carbocycles. The van der Waals surface area contributed by atoms with Gasteiger partial charge in [0.2, 0.25) is 5.91 Å². The Balaban J connectivity index is 2.42. The zero-order valence-electron chi connectivity index (χ0n) is 12.8. The van der Waals surface area contributed by atoms with Crippen LogP contribution in [0.15, 0.2) is 30.3 Å². The number of carbonyl (C=O) groups excluding carboxylic acids is 1. The molecule has 1 amide bonds. The van der Waals surface area contributed by atoms with E-state index < -0.39 is 11.5 Å². The van der Waals surface area contributed by atoms with Crippen LogP contribution in [0.4, 0.5) is 0 Å². The third-order valence-corrected chi connectivity index (χ3v) is 3.95. The van der Waals surface area contributed by atoms with Crippen LogP contribution < -0.4 is 0 Å². The third kappa shape index (κ3) is 6.67. The van der Waals surface area contributed by atoms with Gasteiger partial charge in [0.1, 0.15) is 6.54 Å². The predicted molar refractivity (Wildman–Crippen MR) is 86.6 cm³/mol. The molecular weight excluding hydrogens is 286 g/mol. The number of aliphatic carboxylic acids is 1. The van der Waals surface area contributed by atoms with Crippen LogP contribution in [0.2, 0.25) is 0 Å². The molecule has 0 spiro atoms. The van der Waals surface area contributed by atoms with Crippen LogP contribution >= 0.6 is 11.8 Å². The van der Waals surface area contributed by atoms with Gasteiger partial charge in [0, 0.05) is 5.54 Å². The topological polar surface area (TPSA) is 57.6 Å². The molecule has 0 heterocycles. The Morgan fingerprint density at radius 3 is 2.33 bits per heavy atom. The molecule has 0 bridgehead atoms. The summed E-state index contributed by atoms with van der Waals surface area (Å²) < 4.78 is 0. The monoisotopic (exact) mass is 309 g/mol. The van der Waals surface area contributed by atoms with Gasteiger partial charge in [0.15, 0.2) is 0 Å². The molecule has 1 rings (SSSR count). The summed E-state index contributed by atoms with van der Waals surface area (Å²) in [7, 11) is 0. The first kappa shape index (κ1) is 17.6. The number of amides is 1. The third-order valence-electron chi connectivity index (χ3n) is 3.01. The van der Waals surface area contributed by atoms with Gasteiger partial charge in [-0.2, -0.15) is 11.8 Å². The number of carbonyl (C=O) groups is 2. The second-order valence-electron chi connectivity index (χ2n) is 5.83. The minimum Gasteiger partial charge on any atom is -0.480 e. The smallest absolute Gasteiger partial charge is 0.323 e. The molecule has 1 aromatic carbocycles. The van der Waals surface area contributed by atoms with Crippen molar-refractivity contribution in [3.63, 3.8) is 0 Å². The summed E-state index contributed by atoms with van der Waals surface area (Å²) in [6.45, 7) is 5.30. The van der Waals surface area contributed by atoms with Crippen LogP contribution in [0.25, 0.3) is 0 Å². The summed E-state index contributed by atoms with van der Waals surface area (Å²) in [5.41, 5.74) is 0.769. The summed E-state index contributed by atoms with van der Waals surface area (Å²) in [5, 5.41) is 8.92. The van der Waals surface area contributed by atoms with Gasteiger partial charge in [-0.1, -0.05) is 30.3 Å².